The molecule has 2 aliphatic heterocycles. The van der Waals surface area contributed by atoms with Crippen LogP contribution in [0.3, 0.4) is 0 Å². The summed E-state index contributed by atoms with van der Waals surface area (Å²) in [6.07, 6.45) is 0.957. The van der Waals surface area contributed by atoms with E-state index in [1.54, 1.807) is 0 Å². The molecule has 118 valence electrons. The molecular weight excluding hydrogens is 294 g/mol. The molecule has 22 heavy (non-hydrogen) atoms. The number of carbonyl (C=O) groups excluding carboxylic acids is 2. The quantitative estimate of drug-likeness (QED) is 0.866. The largest absolute Gasteiger partial charge is 0.386 e. The molecule has 0 aliphatic carbocycles. The fourth-order valence-electron chi connectivity index (χ4n) is 3.06. The Balaban J connectivity index is 1.77. The van der Waals surface area contributed by atoms with Gasteiger partial charge in [0.25, 0.3) is 5.91 Å². The van der Waals surface area contributed by atoms with Gasteiger partial charge in [0.05, 0.1) is 12.6 Å². The highest BCUT2D eigenvalue weighted by Gasteiger charge is 2.46. The first kappa shape index (κ1) is 14.9. The van der Waals surface area contributed by atoms with Crippen LogP contribution in [0.2, 0.25) is 0 Å². The maximum atomic E-state index is 13.7. The number of aliphatic hydroxyl groups is 1. The molecule has 0 bridgehead atoms. The maximum Gasteiger partial charge on any atom is 0.327 e. The Morgan fingerprint density at radius 1 is 1.27 bits per heavy atom. The topological polar surface area (TPSA) is 60.9 Å². The fourth-order valence-corrected chi connectivity index (χ4v) is 3.06. The van der Waals surface area contributed by atoms with Crippen molar-refractivity contribution in [3.05, 3.63) is 35.4 Å². The zero-order chi connectivity index (χ0) is 15.9. The van der Waals surface area contributed by atoms with Gasteiger partial charge in [-0.05, 0) is 25.3 Å². The Morgan fingerprint density at radius 2 is 2.05 bits per heavy atom. The van der Waals surface area contributed by atoms with Crippen LogP contribution in [-0.4, -0.2) is 46.0 Å². The lowest BCUT2D eigenvalue weighted by Gasteiger charge is -2.26. The number of β-amino-alcohol motifs (C(OH)–C–C–N with tert-alkyl or cyclic N) is 1. The van der Waals surface area contributed by atoms with Gasteiger partial charge in [0.15, 0.2) is 0 Å². The van der Waals surface area contributed by atoms with E-state index in [0.717, 1.165) is 29.9 Å². The Bertz CT molecular complexity index is 599. The Hall–Kier alpha value is -2.02. The van der Waals surface area contributed by atoms with Crippen LogP contribution in [0.4, 0.5) is 13.6 Å². The molecule has 1 aromatic rings. The van der Waals surface area contributed by atoms with E-state index in [1.807, 2.05) is 0 Å². The summed E-state index contributed by atoms with van der Waals surface area (Å²) < 4.78 is 26.6. The molecule has 0 saturated carbocycles. The van der Waals surface area contributed by atoms with E-state index >= 15 is 0 Å². The van der Waals surface area contributed by atoms with E-state index in [1.165, 1.54) is 4.90 Å². The number of benzene rings is 1. The molecule has 1 aromatic carbocycles. The maximum absolute atomic E-state index is 13.7. The molecule has 1 N–H and O–H groups in total. The van der Waals surface area contributed by atoms with Gasteiger partial charge in [-0.15, -0.1) is 0 Å². The van der Waals surface area contributed by atoms with Crippen LogP contribution in [0.1, 0.15) is 30.9 Å². The van der Waals surface area contributed by atoms with Gasteiger partial charge in [-0.25, -0.2) is 13.6 Å². The summed E-state index contributed by atoms with van der Waals surface area (Å²) >= 11 is 0. The molecule has 7 heteroatoms. The van der Waals surface area contributed by atoms with E-state index in [-0.39, 0.29) is 18.0 Å². The molecule has 0 spiro atoms. The number of hydrogen-bond acceptors (Lipinski definition) is 3. The smallest absolute Gasteiger partial charge is 0.327 e. The van der Waals surface area contributed by atoms with Gasteiger partial charge < -0.3 is 10.0 Å². The number of urea groups is 1. The molecule has 3 amide bonds. The monoisotopic (exact) mass is 310 g/mol. The number of amides is 3. The highest BCUT2D eigenvalue weighted by molar-refractivity contribution is 6.04. The second-order valence-electron chi connectivity index (χ2n) is 5.62. The van der Waals surface area contributed by atoms with Crippen LogP contribution in [0, 0.1) is 11.6 Å². The molecule has 2 fully saturated rings. The van der Waals surface area contributed by atoms with Gasteiger partial charge in [0.1, 0.15) is 17.7 Å². The van der Waals surface area contributed by atoms with Crippen molar-refractivity contribution in [2.75, 3.05) is 13.1 Å². The summed E-state index contributed by atoms with van der Waals surface area (Å²) in [7, 11) is 0. The van der Waals surface area contributed by atoms with Crippen LogP contribution in [0.25, 0.3) is 0 Å². The number of carbonyl (C=O) groups is 2. The molecule has 3 rings (SSSR count). The SMILES string of the molecule is O=C1C2CCCCN2C(=O)N1CC(O)c1ccc(F)cc1F. The van der Waals surface area contributed by atoms with Gasteiger partial charge in [0.2, 0.25) is 0 Å². The van der Waals surface area contributed by atoms with Gasteiger partial charge in [-0.2, -0.15) is 0 Å². The van der Waals surface area contributed by atoms with Crippen molar-refractivity contribution in [1.82, 2.24) is 9.80 Å². The normalized spacial score (nSPS) is 23.0. The third kappa shape index (κ3) is 2.45. The first-order valence-electron chi connectivity index (χ1n) is 7.24. The Morgan fingerprint density at radius 3 is 2.73 bits per heavy atom. The van der Waals surface area contributed by atoms with Crippen molar-refractivity contribution in [2.45, 2.75) is 31.4 Å². The lowest BCUT2D eigenvalue weighted by atomic mass is 10.0. The van der Waals surface area contributed by atoms with Crippen molar-refractivity contribution in [1.29, 1.82) is 0 Å². The average molecular weight is 310 g/mol. The molecule has 2 unspecified atom stereocenters. The summed E-state index contributed by atoms with van der Waals surface area (Å²) in [5.74, 6) is -2.01. The number of imide groups is 1. The molecule has 2 atom stereocenters. The average Bonchev–Trinajstić information content (AvgIpc) is 2.73. The Kier molecular flexibility index (Phi) is 3.82. The van der Waals surface area contributed by atoms with E-state index in [9.17, 15) is 23.5 Å². The van der Waals surface area contributed by atoms with Gasteiger partial charge in [0, 0.05) is 18.2 Å². The van der Waals surface area contributed by atoms with Crippen molar-refractivity contribution >= 4 is 11.9 Å². The van der Waals surface area contributed by atoms with E-state index in [4.69, 9.17) is 0 Å². The van der Waals surface area contributed by atoms with E-state index < -0.39 is 29.8 Å². The fraction of sp³-hybridized carbons (Fsp3) is 0.467. The van der Waals surface area contributed by atoms with Gasteiger partial charge in [-0.3, -0.25) is 9.69 Å². The molecule has 2 aliphatic rings. The predicted octanol–water partition coefficient (Wildman–Crippen LogP) is 1.81. The van der Waals surface area contributed by atoms with Gasteiger partial charge >= 0.3 is 6.03 Å². The molecule has 2 saturated heterocycles. The third-order valence-electron chi connectivity index (χ3n) is 4.21. The lowest BCUT2D eigenvalue weighted by Crippen LogP contribution is -2.39. The molecular formula is C15H16F2N2O3. The number of halogens is 2. The zero-order valence-corrected chi connectivity index (χ0v) is 11.8. The Labute approximate surface area is 126 Å². The van der Waals surface area contributed by atoms with Crippen LogP contribution < -0.4 is 0 Å². The minimum atomic E-state index is -1.38. The van der Waals surface area contributed by atoms with Crippen LogP contribution in [0.15, 0.2) is 18.2 Å². The summed E-state index contributed by atoms with van der Waals surface area (Å²) in [6.45, 7) is 0.194. The van der Waals surface area contributed by atoms with Gasteiger partial charge in [-0.1, -0.05) is 6.07 Å². The second-order valence-corrected chi connectivity index (χ2v) is 5.62. The number of fused-ring (bicyclic) bond motifs is 1. The van der Waals surface area contributed by atoms with Crippen LogP contribution >= 0.6 is 0 Å². The summed E-state index contributed by atoms with van der Waals surface area (Å²) in [5.41, 5.74) is -0.133. The summed E-state index contributed by atoms with van der Waals surface area (Å²) in [4.78, 5) is 26.9. The number of nitrogens with zero attached hydrogens (tertiary/aromatic N) is 2. The van der Waals surface area contributed by atoms with E-state index in [0.29, 0.717) is 19.0 Å². The highest BCUT2D eigenvalue weighted by Crippen LogP contribution is 2.28. The van der Waals surface area contributed by atoms with Crippen molar-refractivity contribution in [3.8, 4) is 0 Å². The second kappa shape index (κ2) is 5.64. The summed E-state index contributed by atoms with van der Waals surface area (Å²) in [6, 6.07) is 1.89. The zero-order valence-electron chi connectivity index (χ0n) is 11.8. The molecule has 0 radical (unpaired) electrons. The van der Waals surface area contributed by atoms with Crippen molar-refractivity contribution < 1.29 is 23.5 Å². The number of hydrogen-bond donors (Lipinski definition) is 1. The molecule has 2 heterocycles. The minimum Gasteiger partial charge on any atom is -0.386 e. The lowest BCUT2D eigenvalue weighted by molar-refractivity contribution is -0.129. The minimum absolute atomic E-state index is 0.133. The molecule has 0 aromatic heterocycles. The van der Waals surface area contributed by atoms with Crippen LogP contribution in [-0.2, 0) is 4.79 Å². The standard InChI is InChI=1S/C15H16F2N2O3/c16-9-4-5-10(11(17)7-9)13(20)8-19-14(21)12-3-1-2-6-18(12)15(19)22/h4-5,7,12-13,20H,1-3,6,8H2. The van der Waals surface area contributed by atoms with Crippen molar-refractivity contribution in [2.24, 2.45) is 0 Å². The molecule has 5 nitrogen and oxygen atoms in total. The first-order chi connectivity index (χ1) is 10.5. The highest BCUT2D eigenvalue weighted by atomic mass is 19.1. The summed E-state index contributed by atoms with van der Waals surface area (Å²) in [5, 5.41) is 10.1. The van der Waals surface area contributed by atoms with E-state index in [2.05, 4.69) is 0 Å². The number of piperidine rings is 1. The first-order valence-corrected chi connectivity index (χ1v) is 7.24. The number of rotatable bonds is 3. The predicted molar refractivity (Wildman–Crippen MR) is 72.8 cm³/mol. The third-order valence-corrected chi connectivity index (χ3v) is 4.21. The number of aliphatic hydroxyl groups excluding tert-OH is 1. The van der Waals surface area contributed by atoms with Crippen molar-refractivity contribution in [3.63, 3.8) is 0 Å². The van der Waals surface area contributed by atoms with Crippen LogP contribution in [0.5, 0.6) is 0 Å².